The molecule has 13 heavy (non-hydrogen) atoms. The first kappa shape index (κ1) is 8.40. The molecular weight excluding hydrogens is 186 g/mol. The Labute approximate surface area is 79.5 Å². The first-order valence-electron chi connectivity index (χ1n) is 3.82. The van der Waals surface area contributed by atoms with Crippen LogP contribution in [0.1, 0.15) is 16.5 Å². The maximum atomic E-state index is 9.81. The minimum Gasteiger partial charge on any atom is -0.383 e. The van der Waals surface area contributed by atoms with E-state index in [9.17, 15) is 5.11 Å². The third-order valence-corrected chi connectivity index (χ3v) is 2.59. The molecule has 2 rings (SSSR count). The summed E-state index contributed by atoms with van der Waals surface area (Å²) in [6, 6.07) is 0. The van der Waals surface area contributed by atoms with Crippen molar-refractivity contribution >= 4 is 11.3 Å². The number of rotatable bonds is 2. The second-order valence-corrected chi connectivity index (χ2v) is 3.67. The van der Waals surface area contributed by atoms with E-state index in [4.69, 9.17) is 0 Å². The number of aromatic nitrogens is 3. The molecule has 0 saturated heterocycles. The lowest BCUT2D eigenvalue weighted by atomic mass is 10.2. The van der Waals surface area contributed by atoms with Crippen LogP contribution in [0.3, 0.4) is 0 Å². The van der Waals surface area contributed by atoms with Crippen LogP contribution in [-0.4, -0.2) is 19.9 Å². The zero-order valence-corrected chi connectivity index (χ0v) is 7.90. The Balaban J connectivity index is 2.28. The Morgan fingerprint density at radius 3 is 2.92 bits per heavy atom. The van der Waals surface area contributed by atoms with Crippen LogP contribution in [0.5, 0.6) is 0 Å². The molecule has 1 atom stereocenters. The van der Waals surface area contributed by atoms with Crippen molar-refractivity contribution in [2.24, 2.45) is 7.05 Å². The smallest absolute Gasteiger partial charge is 0.118 e. The second-order valence-electron chi connectivity index (χ2n) is 2.75. The van der Waals surface area contributed by atoms with Gasteiger partial charge in [0.25, 0.3) is 0 Å². The molecule has 2 aromatic rings. The Kier molecular flexibility index (Phi) is 2.12. The van der Waals surface area contributed by atoms with Gasteiger partial charge in [-0.3, -0.25) is 9.67 Å². The van der Waals surface area contributed by atoms with Gasteiger partial charge in [0.2, 0.25) is 0 Å². The Morgan fingerprint density at radius 1 is 1.54 bits per heavy atom. The molecule has 0 radical (unpaired) electrons. The number of aliphatic hydroxyl groups is 1. The van der Waals surface area contributed by atoms with Crippen molar-refractivity contribution in [1.82, 2.24) is 14.8 Å². The normalized spacial score (nSPS) is 13.1. The van der Waals surface area contributed by atoms with Crippen LogP contribution in [0.25, 0.3) is 0 Å². The monoisotopic (exact) mass is 195 g/mol. The van der Waals surface area contributed by atoms with Crippen LogP contribution < -0.4 is 0 Å². The lowest BCUT2D eigenvalue weighted by molar-refractivity contribution is 0.224. The molecular formula is C8H9N3OS. The first-order valence-corrected chi connectivity index (χ1v) is 4.70. The quantitative estimate of drug-likeness (QED) is 0.776. The summed E-state index contributed by atoms with van der Waals surface area (Å²) in [7, 11) is 1.82. The van der Waals surface area contributed by atoms with E-state index < -0.39 is 6.10 Å². The summed E-state index contributed by atoms with van der Waals surface area (Å²) in [6.45, 7) is 0. The summed E-state index contributed by atoms with van der Waals surface area (Å²) in [4.78, 5) is 4.75. The van der Waals surface area contributed by atoms with Crippen molar-refractivity contribution in [3.63, 3.8) is 0 Å². The van der Waals surface area contributed by atoms with Gasteiger partial charge in [-0.25, -0.2) is 0 Å². The van der Waals surface area contributed by atoms with Crippen molar-refractivity contribution in [3.8, 4) is 0 Å². The van der Waals surface area contributed by atoms with Crippen molar-refractivity contribution in [1.29, 1.82) is 0 Å². The van der Waals surface area contributed by atoms with Crippen molar-refractivity contribution in [2.45, 2.75) is 6.10 Å². The Hall–Kier alpha value is -1.20. The molecule has 4 nitrogen and oxygen atoms in total. The van der Waals surface area contributed by atoms with E-state index in [0.717, 1.165) is 10.4 Å². The number of aliphatic hydroxyl groups excluding tert-OH is 1. The summed E-state index contributed by atoms with van der Waals surface area (Å²) in [5.41, 5.74) is 2.50. The third-order valence-electron chi connectivity index (χ3n) is 1.76. The maximum absolute atomic E-state index is 9.81. The molecule has 0 spiro atoms. The number of hydrogen-bond donors (Lipinski definition) is 1. The van der Waals surface area contributed by atoms with E-state index in [-0.39, 0.29) is 0 Å². The van der Waals surface area contributed by atoms with Gasteiger partial charge in [0.15, 0.2) is 0 Å². The van der Waals surface area contributed by atoms with E-state index >= 15 is 0 Å². The second kappa shape index (κ2) is 3.27. The largest absolute Gasteiger partial charge is 0.383 e. The van der Waals surface area contributed by atoms with Crippen LogP contribution in [0.2, 0.25) is 0 Å². The van der Waals surface area contributed by atoms with E-state index in [1.807, 2.05) is 7.05 Å². The molecule has 0 aromatic carbocycles. The van der Waals surface area contributed by atoms with E-state index in [2.05, 4.69) is 10.1 Å². The molecule has 2 heterocycles. The van der Waals surface area contributed by atoms with E-state index in [1.165, 1.54) is 11.3 Å². The van der Waals surface area contributed by atoms with E-state index in [0.29, 0.717) is 0 Å². The fourth-order valence-corrected chi connectivity index (χ4v) is 1.74. The fraction of sp³-hybridized carbons (Fsp3) is 0.250. The number of thiazole rings is 1. The Morgan fingerprint density at radius 2 is 2.38 bits per heavy atom. The molecule has 0 aliphatic carbocycles. The summed E-state index contributed by atoms with van der Waals surface area (Å²) in [5.74, 6) is 0. The first-order chi connectivity index (χ1) is 6.27. The van der Waals surface area contributed by atoms with Crippen LogP contribution in [0.4, 0.5) is 0 Å². The van der Waals surface area contributed by atoms with Gasteiger partial charge in [0, 0.05) is 25.0 Å². The van der Waals surface area contributed by atoms with Gasteiger partial charge in [-0.05, 0) is 0 Å². The van der Waals surface area contributed by atoms with Crippen molar-refractivity contribution in [3.05, 3.63) is 34.5 Å². The molecule has 1 N–H and O–H groups in total. The predicted molar refractivity (Wildman–Crippen MR) is 49.4 cm³/mol. The maximum Gasteiger partial charge on any atom is 0.118 e. The number of aryl methyl sites for hydroxylation is 1. The van der Waals surface area contributed by atoms with Gasteiger partial charge in [-0.15, -0.1) is 11.3 Å². The minimum atomic E-state index is -0.596. The molecule has 0 saturated carbocycles. The highest BCUT2D eigenvalue weighted by Crippen LogP contribution is 2.23. The molecule has 0 fully saturated rings. The summed E-state index contributed by atoms with van der Waals surface area (Å²) >= 11 is 1.44. The van der Waals surface area contributed by atoms with Crippen molar-refractivity contribution < 1.29 is 5.11 Å². The third kappa shape index (κ3) is 1.61. The summed E-state index contributed by atoms with van der Waals surface area (Å²) in [5, 5.41) is 13.8. The average molecular weight is 195 g/mol. The SMILES string of the molecule is Cn1cc(C(O)c2cncs2)cn1. The molecule has 0 aliphatic heterocycles. The van der Waals surface area contributed by atoms with Gasteiger partial charge in [0.1, 0.15) is 6.10 Å². The minimum absolute atomic E-state index is 0.596. The van der Waals surface area contributed by atoms with Gasteiger partial charge >= 0.3 is 0 Å². The van der Waals surface area contributed by atoms with Crippen LogP contribution >= 0.6 is 11.3 Å². The molecule has 5 heteroatoms. The highest BCUT2D eigenvalue weighted by atomic mass is 32.1. The molecule has 68 valence electrons. The standard InChI is InChI=1S/C8H9N3OS/c1-11-4-6(2-10-11)8(12)7-3-9-5-13-7/h2-5,8,12H,1H3. The van der Waals surface area contributed by atoms with Gasteiger partial charge in [-0.1, -0.05) is 0 Å². The predicted octanol–water partition coefficient (Wildman–Crippen LogP) is 0.958. The summed E-state index contributed by atoms with van der Waals surface area (Å²) < 4.78 is 1.67. The van der Waals surface area contributed by atoms with Crippen molar-refractivity contribution in [2.75, 3.05) is 0 Å². The lowest BCUT2D eigenvalue weighted by Gasteiger charge is -2.02. The molecule has 2 aromatic heterocycles. The van der Waals surface area contributed by atoms with Crippen LogP contribution in [-0.2, 0) is 7.05 Å². The molecule has 1 unspecified atom stereocenters. The number of nitrogens with zero attached hydrogens (tertiary/aromatic N) is 3. The van der Waals surface area contributed by atoms with Gasteiger partial charge in [-0.2, -0.15) is 5.10 Å². The van der Waals surface area contributed by atoms with Gasteiger partial charge < -0.3 is 5.11 Å². The highest BCUT2D eigenvalue weighted by Gasteiger charge is 2.12. The van der Waals surface area contributed by atoms with E-state index in [1.54, 1.807) is 28.8 Å². The molecule has 0 bridgehead atoms. The number of hydrogen-bond acceptors (Lipinski definition) is 4. The fourth-order valence-electron chi connectivity index (χ4n) is 1.11. The van der Waals surface area contributed by atoms with Crippen LogP contribution in [0, 0.1) is 0 Å². The zero-order valence-electron chi connectivity index (χ0n) is 7.08. The van der Waals surface area contributed by atoms with Crippen LogP contribution in [0.15, 0.2) is 24.1 Å². The molecule has 0 aliphatic rings. The molecule has 0 amide bonds. The average Bonchev–Trinajstić information content (AvgIpc) is 2.72. The zero-order chi connectivity index (χ0) is 9.26. The lowest BCUT2D eigenvalue weighted by Crippen LogP contribution is -1.95. The summed E-state index contributed by atoms with van der Waals surface area (Å²) in [6.07, 6.45) is 4.53. The topological polar surface area (TPSA) is 50.9 Å². The van der Waals surface area contributed by atoms with Gasteiger partial charge in [0.05, 0.1) is 16.6 Å². The highest BCUT2D eigenvalue weighted by molar-refractivity contribution is 7.09. The Bertz CT molecular complexity index is 382.